The second kappa shape index (κ2) is 10.9. The van der Waals surface area contributed by atoms with E-state index in [1.165, 1.54) is 32.1 Å². The van der Waals surface area contributed by atoms with Gasteiger partial charge in [-0.25, -0.2) is 4.98 Å². The monoisotopic (exact) mass is 459 g/mol. The van der Waals surface area contributed by atoms with Crippen LogP contribution >= 0.6 is 22.9 Å². The van der Waals surface area contributed by atoms with Gasteiger partial charge in [0.15, 0.2) is 0 Å². The third kappa shape index (κ3) is 6.09. The summed E-state index contributed by atoms with van der Waals surface area (Å²) in [5.41, 5.74) is 2.12. The Balaban J connectivity index is 1.22. The van der Waals surface area contributed by atoms with Crippen LogP contribution in [0.15, 0.2) is 29.6 Å². The van der Waals surface area contributed by atoms with Crippen molar-refractivity contribution in [1.29, 1.82) is 0 Å². The largest absolute Gasteiger partial charge is 0.340 e. The standard InChI is InChI=1S/C25H34ClN3OS/c1-2-3-4-19-5-7-21(8-6-19)25(30)29-15-13-28(14-16-29)17-24-27-23(18-31-24)20-9-11-22(26)12-10-20/h9-12,18-19,21H,2-8,13-17H2,1H3. The fourth-order valence-electron chi connectivity index (χ4n) is 4.90. The summed E-state index contributed by atoms with van der Waals surface area (Å²) in [7, 11) is 0. The van der Waals surface area contributed by atoms with Gasteiger partial charge in [0.05, 0.1) is 12.2 Å². The summed E-state index contributed by atoms with van der Waals surface area (Å²) in [6.45, 7) is 6.71. The first-order valence-corrected chi connectivity index (χ1v) is 13.1. The van der Waals surface area contributed by atoms with Gasteiger partial charge in [-0.05, 0) is 43.7 Å². The van der Waals surface area contributed by atoms with Gasteiger partial charge in [0.25, 0.3) is 0 Å². The number of aromatic nitrogens is 1. The predicted molar refractivity (Wildman–Crippen MR) is 129 cm³/mol. The van der Waals surface area contributed by atoms with Gasteiger partial charge in [-0.1, -0.05) is 49.9 Å². The average molecular weight is 460 g/mol. The van der Waals surface area contributed by atoms with Crippen LogP contribution in [0.5, 0.6) is 0 Å². The highest BCUT2D eigenvalue weighted by Gasteiger charge is 2.31. The number of hydrogen-bond donors (Lipinski definition) is 0. The first-order chi connectivity index (χ1) is 15.1. The zero-order valence-electron chi connectivity index (χ0n) is 18.6. The van der Waals surface area contributed by atoms with E-state index in [2.05, 4.69) is 22.1 Å². The summed E-state index contributed by atoms with van der Waals surface area (Å²) < 4.78 is 0. The average Bonchev–Trinajstić information content (AvgIpc) is 3.27. The van der Waals surface area contributed by atoms with Gasteiger partial charge in [-0.3, -0.25) is 9.69 Å². The molecule has 0 unspecified atom stereocenters. The van der Waals surface area contributed by atoms with Gasteiger partial charge in [-0.15, -0.1) is 11.3 Å². The number of nitrogens with zero attached hydrogens (tertiary/aromatic N) is 3. The van der Waals surface area contributed by atoms with Crippen LogP contribution in [0.2, 0.25) is 5.02 Å². The van der Waals surface area contributed by atoms with Crippen LogP contribution < -0.4 is 0 Å². The SMILES string of the molecule is CCCCC1CCC(C(=O)N2CCN(Cc3nc(-c4ccc(Cl)cc4)cs3)CC2)CC1. The van der Waals surface area contributed by atoms with Crippen LogP contribution in [-0.2, 0) is 11.3 Å². The zero-order valence-corrected chi connectivity index (χ0v) is 20.1. The summed E-state index contributed by atoms with van der Waals surface area (Å²) in [4.78, 5) is 22.4. The van der Waals surface area contributed by atoms with Gasteiger partial charge >= 0.3 is 0 Å². The van der Waals surface area contributed by atoms with Gasteiger partial charge in [0.1, 0.15) is 5.01 Å². The summed E-state index contributed by atoms with van der Waals surface area (Å²) in [5, 5.41) is 4.00. The highest BCUT2D eigenvalue weighted by molar-refractivity contribution is 7.09. The molecule has 168 valence electrons. The summed E-state index contributed by atoms with van der Waals surface area (Å²) in [5.74, 6) is 1.54. The van der Waals surface area contributed by atoms with Crippen molar-refractivity contribution in [1.82, 2.24) is 14.8 Å². The highest BCUT2D eigenvalue weighted by Crippen LogP contribution is 2.33. The van der Waals surface area contributed by atoms with Crippen molar-refractivity contribution in [2.45, 2.75) is 58.4 Å². The minimum absolute atomic E-state index is 0.269. The lowest BCUT2D eigenvalue weighted by molar-refractivity contribution is -0.138. The van der Waals surface area contributed by atoms with E-state index in [0.29, 0.717) is 5.91 Å². The van der Waals surface area contributed by atoms with Crippen molar-refractivity contribution in [2.24, 2.45) is 11.8 Å². The van der Waals surface area contributed by atoms with E-state index in [4.69, 9.17) is 16.6 Å². The molecular formula is C25H34ClN3OS. The molecule has 0 N–H and O–H groups in total. The number of halogens is 1. The number of amides is 1. The van der Waals surface area contributed by atoms with Crippen molar-refractivity contribution in [3.63, 3.8) is 0 Å². The molecule has 4 rings (SSSR count). The maximum Gasteiger partial charge on any atom is 0.225 e. The summed E-state index contributed by atoms with van der Waals surface area (Å²) in [6.07, 6.45) is 8.66. The topological polar surface area (TPSA) is 36.4 Å². The van der Waals surface area contributed by atoms with Crippen molar-refractivity contribution in [3.05, 3.63) is 39.7 Å². The summed E-state index contributed by atoms with van der Waals surface area (Å²) in [6, 6.07) is 7.85. The molecule has 1 aromatic carbocycles. The number of hydrogen-bond acceptors (Lipinski definition) is 4. The molecule has 31 heavy (non-hydrogen) atoms. The molecule has 4 nitrogen and oxygen atoms in total. The molecule has 6 heteroatoms. The Morgan fingerprint density at radius 3 is 2.48 bits per heavy atom. The lowest BCUT2D eigenvalue weighted by Crippen LogP contribution is -2.50. The lowest BCUT2D eigenvalue weighted by Gasteiger charge is -2.37. The maximum absolute atomic E-state index is 13.0. The Hall–Kier alpha value is -1.43. The molecule has 1 aliphatic carbocycles. The van der Waals surface area contributed by atoms with Gasteiger partial charge in [0, 0.05) is 48.1 Å². The van der Waals surface area contributed by atoms with E-state index in [1.807, 2.05) is 24.3 Å². The molecule has 2 aliphatic rings. The third-order valence-corrected chi connectivity index (χ3v) is 7.98. The third-order valence-electron chi connectivity index (χ3n) is 6.90. The van der Waals surface area contributed by atoms with Gasteiger partial charge in [0.2, 0.25) is 5.91 Å². The zero-order chi connectivity index (χ0) is 21.6. The number of unbranched alkanes of at least 4 members (excludes halogenated alkanes) is 1. The van der Waals surface area contributed by atoms with E-state index < -0.39 is 0 Å². The van der Waals surface area contributed by atoms with Crippen molar-refractivity contribution in [2.75, 3.05) is 26.2 Å². The molecule has 1 saturated carbocycles. The minimum Gasteiger partial charge on any atom is -0.340 e. The van der Waals surface area contributed by atoms with Crippen LogP contribution in [-0.4, -0.2) is 46.9 Å². The first-order valence-electron chi connectivity index (χ1n) is 11.8. The van der Waals surface area contributed by atoms with Crippen molar-refractivity contribution >= 4 is 28.8 Å². The van der Waals surface area contributed by atoms with E-state index in [1.54, 1.807) is 11.3 Å². The normalized spacial score (nSPS) is 22.6. The van der Waals surface area contributed by atoms with Crippen LogP contribution in [0.4, 0.5) is 0 Å². The Labute approximate surface area is 195 Å². The number of carbonyl (C=O) groups excluding carboxylic acids is 1. The lowest BCUT2D eigenvalue weighted by atomic mass is 9.79. The molecule has 2 fully saturated rings. The Bertz CT molecular complexity index is 837. The molecule has 2 aromatic rings. The maximum atomic E-state index is 13.0. The van der Waals surface area contributed by atoms with Crippen LogP contribution in [0.1, 0.15) is 56.9 Å². The number of benzene rings is 1. The second-order valence-corrected chi connectivity index (χ2v) is 10.5. The smallest absolute Gasteiger partial charge is 0.225 e. The highest BCUT2D eigenvalue weighted by atomic mass is 35.5. The first kappa shape index (κ1) is 22.8. The number of rotatable bonds is 7. The van der Waals surface area contributed by atoms with Crippen molar-refractivity contribution < 1.29 is 4.79 Å². The predicted octanol–water partition coefficient (Wildman–Crippen LogP) is 6.10. The van der Waals surface area contributed by atoms with Gasteiger partial charge < -0.3 is 4.90 Å². The van der Waals surface area contributed by atoms with Crippen LogP contribution in [0, 0.1) is 11.8 Å². The van der Waals surface area contributed by atoms with Crippen LogP contribution in [0.25, 0.3) is 11.3 Å². The molecule has 1 saturated heterocycles. The van der Waals surface area contributed by atoms with E-state index in [9.17, 15) is 4.79 Å². The molecule has 2 heterocycles. The minimum atomic E-state index is 0.269. The van der Waals surface area contributed by atoms with E-state index in [0.717, 1.165) is 72.8 Å². The van der Waals surface area contributed by atoms with Crippen molar-refractivity contribution in [3.8, 4) is 11.3 Å². The number of carbonyl (C=O) groups is 1. The van der Waals surface area contributed by atoms with E-state index in [-0.39, 0.29) is 5.92 Å². The van der Waals surface area contributed by atoms with Crippen LogP contribution in [0.3, 0.4) is 0 Å². The molecule has 0 radical (unpaired) electrons. The van der Waals surface area contributed by atoms with Gasteiger partial charge in [-0.2, -0.15) is 0 Å². The molecule has 0 atom stereocenters. The molecular weight excluding hydrogens is 426 g/mol. The quantitative estimate of drug-likeness (QED) is 0.501. The summed E-state index contributed by atoms with van der Waals surface area (Å²) >= 11 is 7.70. The van der Waals surface area contributed by atoms with E-state index >= 15 is 0 Å². The fourth-order valence-corrected chi connectivity index (χ4v) is 5.87. The molecule has 0 spiro atoms. The number of piperazine rings is 1. The Kier molecular flexibility index (Phi) is 8.02. The molecule has 1 amide bonds. The Morgan fingerprint density at radius 2 is 1.81 bits per heavy atom. The molecule has 0 bridgehead atoms. The Morgan fingerprint density at radius 1 is 1.10 bits per heavy atom. The fraction of sp³-hybridized carbons (Fsp3) is 0.600. The second-order valence-electron chi connectivity index (χ2n) is 9.09. The molecule has 1 aliphatic heterocycles. The number of thiazole rings is 1. The molecule has 1 aromatic heterocycles.